The van der Waals surface area contributed by atoms with Gasteiger partial charge in [0.05, 0.1) is 11.0 Å². The van der Waals surface area contributed by atoms with Gasteiger partial charge in [0.15, 0.2) is 0 Å². The van der Waals surface area contributed by atoms with Gasteiger partial charge in [0.2, 0.25) is 0 Å². The highest BCUT2D eigenvalue weighted by Gasteiger charge is 2.21. The van der Waals surface area contributed by atoms with Crippen molar-refractivity contribution in [2.45, 2.75) is 0 Å². The zero-order valence-corrected chi connectivity index (χ0v) is 37.3. The van der Waals surface area contributed by atoms with Gasteiger partial charge >= 0.3 is 0 Å². The monoisotopic (exact) mass is 864 g/mol. The van der Waals surface area contributed by atoms with Gasteiger partial charge in [0.1, 0.15) is 0 Å². The molecule has 0 saturated carbocycles. The minimum absolute atomic E-state index is 1.07. The summed E-state index contributed by atoms with van der Waals surface area (Å²) in [6.07, 6.45) is 0. The minimum Gasteiger partial charge on any atom is -0.310 e. The Balaban J connectivity index is 1.03. The van der Waals surface area contributed by atoms with Gasteiger partial charge in [-0.05, 0) is 156 Å². The van der Waals surface area contributed by atoms with Gasteiger partial charge < -0.3 is 9.47 Å². The Morgan fingerprint density at radius 3 is 1.51 bits per heavy atom. The summed E-state index contributed by atoms with van der Waals surface area (Å²) in [5, 5.41) is 9.97. The zero-order valence-electron chi connectivity index (χ0n) is 37.3. The Kier molecular flexibility index (Phi) is 9.54. The first kappa shape index (κ1) is 39.4. The lowest BCUT2D eigenvalue weighted by Gasteiger charge is -2.28. The minimum atomic E-state index is 1.07. The second-order valence-corrected chi connectivity index (χ2v) is 17.7. The predicted molar refractivity (Wildman–Crippen MR) is 290 cm³/mol. The average molecular weight is 865 g/mol. The van der Waals surface area contributed by atoms with Crippen LogP contribution in [-0.4, -0.2) is 4.57 Å². The maximum absolute atomic E-state index is 2.44. The van der Waals surface area contributed by atoms with Gasteiger partial charge in [-0.3, -0.25) is 0 Å². The summed E-state index contributed by atoms with van der Waals surface area (Å²) in [7, 11) is 0. The van der Waals surface area contributed by atoms with Crippen molar-refractivity contribution in [2.75, 3.05) is 4.90 Å². The van der Waals surface area contributed by atoms with Crippen LogP contribution in [0.25, 0.3) is 104 Å². The molecule has 0 aliphatic rings. The van der Waals surface area contributed by atoms with Crippen molar-refractivity contribution >= 4 is 71.2 Å². The molecule has 13 aromatic rings. The third-order valence-corrected chi connectivity index (χ3v) is 13.7. The Morgan fingerprint density at radius 2 is 0.809 bits per heavy atom. The SMILES string of the molecule is c1ccc(-c2cc(-c3ccccc3)cc(N(c3ccc(-c4cc5ccccc5c5ccccc45)cc3)c3cccc(-c4cccc5c4c4cc6ccccc6cc4n5-c4ccccc4)c3)c2)cc1. The molecule has 13 rings (SSSR count). The molecule has 0 radical (unpaired) electrons. The molecule has 0 aliphatic carbocycles. The molecule has 2 heteroatoms. The summed E-state index contributed by atoms with van der Waals surface area (Å²) in [6, 6.07) is 97.7. The first-order chi connectivity index (χ1) is 33.7. The van der Waals surface area contributed by atoms with E-state index in [-0.39, 0.29) is 0 Å². The van der Waals surface area contributed by atoms with Gasteiger partial charge in [0, 0.05) is 33.5 Å². The fourth-order valence-electron chi connectivity index (χ4n) is 10.5. The molecule has 0 unspecified atom stereocenters. The molecular formula is C66H44N2. The van der Waals surface area contributed by atoms with Crippen molar-refractivity contribution in [3.05, 3.63) is 267 Å². The van der Waals surface area contributed by atoms with Crippen molar-refractivity contribution < 1.29 is 0 Å². The van der Waals surface area contributed by atoms with Crippen LogP contribution in [0.2, 0.25) is 0 Å². The highest BCUT2D eigenvalue weighted by Crippen LogP contribution is 2.45. The lowest BCUT2D eigenvalue weighted by molar-refractivity contribution is 1.18. The summed E-state index contributed by atoms with van der Waals surface area (Å²) in [5.74, 6) is 0. The summed E-state index contributed by atoms with van der Waals surface area (Å²) in [6.45, 7) is 0. The number of rotatable bonds is 8. The molecule has 0 atom stereocenters. The predicted octanol–water partition coefficient (Wildman–Crippen LogP) is 18.4. The van der Waals surface area contributed by atoms with Crippen LogP contribution in [0.15, 0.2) is 267 Å². The van der Waals surface area contributed by atoms with E-state index in [4.69, 9.17) is 0 Å². The molecule has 2 nitrogen and oxygen atoms in total. The molecule has 12 aromatic carbocycles. The number of anilines is 3. The molecule has 0 bridgehead atoms. The van der Waals surface area contributed by atoms with E-state index in [2.05, 4.69) is 276 Å². The number of aromatic nitrogens is 1. The van der Waals surface area contributed by atoms with E-state index in [1.54, 1.807) is 0 Å². The van der Waals surface area contributed by atoms with E-state index in [1.807, 2.05) is 0 Å². The molecule has 68 heavy (non-hydrogen) atoms. The molecule has 1 heterocycles. The number of nitrogens with zero attached hydrogens (tertiary/aromatic N) is 2. The van der Waals surface area contributed by atoms with E-state index in [1.165, 1.54) is 81.9 Å². The van der Waals surface area contributed by atoms with Crippen LogP contribution in [-0.2, 0) is 0 Å². The molecule has 0 amide bonds. The van der Waals surface area contributed by atoms with Gasteiger partial charge in [0.25, 0.3) is 0 Å². The van der Waals surface area contributed by atoms with Crippen molar-refractivity contribution in [2.24, 2.45) is 0 Å². The second-order valence-electron chi connectivity index (χ2n) is 17.7. The Labute approximate surface area is 395 Å². The van der Waals surface area contributed by atoms with Crippen LogP contribution < -0.4 is 4.90 Å². The molecule has 0 saturated heterocycles. The largest absolute Gasteiger partial charge is 0.310 e. The Hall–Kier alpha value is -8.98. The highest BCUT2D eigenvalue weighted by atomic mass is 15.1. The van der Waals surface area contributed by atoms with Crippen LogP contribution in [0.1, 0.15) is 0 Å². The lowest BCUT2D eigenvalue weighted by atomic mass is 9.93. The third-order valence-electron chi connectivity index (χ3n) is 13.7. The van der Waals surface area contributed by atoms with Crippen LogP contribution >= 0.6 is 0 Å². The fourth-order valence-corrected chi connectivity index (χ4v) is 10.5. The topological polar surface area (TPSA) is 8.17 Å². The van der Waals surface area contributed by atoms with Crippen molar-refractivity contribution in [3.8, 4) is 50.2 Å². The fraction of sp³-hybridized carbons (Fsp3) is 0. The molecule has 1 aromatic heterocycles. The standard InChI is InChI=1S/C66H44N2/c1-4-18-45(19-5-1)52-38-53(46-20-6-2-7-21-46)41-57(40-52)67(55-36-34-47(35-37-55)62-43-51-24-12-13-29-58(51)60-30-14-15-31-61(60)62)56-28-16-25-50(39-56)59-32-17-33-64-66(59)63-42-48-22-10-11-23-49(48)44-65(63)68(64)54-26-8-3-9-27-54/h1-44H. The van der Waals surface area contributed by atoms with Gasteiger partial charge in [-0.25, -0.2) is 0 Å². The first-order valence-electron chi connectivity index (χ1n) is 23.4. The van der Waals surface area contributed by atoms with E-state index < -0.39 is 0 Å². The van der Waals surface area contributed by atoms with Crippen LogP contribution in [0.5, 0.6) is 0 Å². The summed E-state index contributed by atoms with van der Waals surface area (Å²) < 4.78 is 2.43. The smallest absolute Gasteiger partial charge is 0.0547 e. The van der Waals surface area contributed by atoms with Crippen molar-refractivity contribution in [1.82, 2.24) is 4.57 Å². The quantitative estimate of drug-likeness (QED) is 0.138. The maximum Gasteiger partial charge on any atom is 0.0547 e. The number of fused-ring (bicyclic) bond motifs is 7. The van der Waals surface area contributed by atoms with Gasteiger partial charge in [-0.2, -0.15) is 0 Å². The summed E-state index contributed by atoms with van der Waals surface area (Å²) >= 11 is 0. The van der Waals surface area contributed by atoms with Crippen LogP contribution in [0.4, 0.5) is 17.1 Å². The zero-order chi connectivity index (χ0) is 45.0. The summed E-state index contributed by atoms with van der Waals surface area (Å²) in [5.41, 5.74) is 16.2. The molecule has 0 N–H and O–H groups in total. The van der Waals surface area contributed by atoms with Gasteiger partial charge in [-0.15, -0.1) is 0 Å². The van der Waals surface area contributed by atoms with Crippen molar-refractivity contribution in [3.63, 3.8) is 0 Å². The Bertz CT molecular complexity index is 3940. The first-order valence-corrected chi connectivity index (χ1v) is 23.4. The normalized spacial score (nSPS) is 11.5. The third kappa shape index (κ3) is 6.82. The molecule has 0 spiro atoms. The van der Waals surface area contributed by atoms with Crippen LogP contribution in [0, 0.1) is 0 Å². The highest BCUT2D eigenvalue weighted by molar-refractivity contribution is 6.19. The summed E-state index contributed by atoms with van der Waals surface area (Å²) in [4.78, 5) is 2.44. The maximum atomic E-state index is 2.44. The van der Waals surface area contributed by atoms with E-state index in [9.17, 15) is 0 Å². The van der Waals surface area contributed by atoms with Gasteiger partial charge in [-0.1, -0.05) is 188 Å². The molecule has 0 fully saturated rings. The van der Waals surface area contributed by atoms with E-state index in [0.29, 0.717) is 0 Å². The number of hydrogen-bond donors (Lipinski definition) is 0. The number of hydrogen-bond acceptors (Lipinski definition) is 1. The van der Waals surface area contributed by atoms with Crippen molar-refractivity contribution in [1.29, 1.82) is 0 Å². The lowest BCUT2D eigenvalue weighted by Crippen LogP contribution is -2.10. The van der Waals surface area contributed by atoms with E-state index in [0.717, 1.165) is 39.4 Å². The number of para-hydroxylation sites is 1. The van der Waals surface area contributed by atoms with Crippen LogP contribution in [0.3, 0.4) is 0 Å². The average Bonchev–Trinajstić information content (AvgIpc) is 3.74. The number of benzene rings is 12. The molecular weight excluding hydrogens is 821 g/mol. The second kappa shape index (κ2) is 16.5. The van der Waals surface area contributed by atoms with E-state index >= 15 is 0 Å². The molecule has 318 valence electrons. The molecule has 0 aliphatic heterocycles. The Morgan fingerprint density at radius 1 is 0.250 bits per heavy atom.